The molecule has 0 atom stereocenters. The number of hydrogen-bond acceptors (Lipinski definition) is 7. The molecule has 2 aromatic carbocycles. The van der Waals surface area contributed by atoms with Gasteiger partial charge in [-0.25, -0.2) is 22.5 Å². The zero-order valence-electron chi connectivity index (χ0n) is 22.9. The van der Waals surface area contributed by atoms with Gasteiger partial charge in [0.05, 0.1) is 16.6 Å². The second-order valence-corrected chi connectivity index (χ2v) is 11.9. The number of fused-ring (bicyclic) bond motifs is 1. The molecule has 10 nitrogen and oxygen atoms in total. The standard InChI is InChI=1S/C30H30FN3O7S/c1-32-29(37)27-24-16-23(18-5-6-18)25(17-42(38,39)33-15-3-2-4-26(35)36)34-30(24)41-28(27)19-7-11-21(12-8-19)40-22-13-9-20(31)10-14-22/h7-14,16,18,33H,2-6,15,17H2,1H3,(H,32,37)(H,35,36). The van der Waals surface area contributed by atoms with Gasteiger partial charge in [-0.15, -0.1) is 0 Å². The Morgan fingerprint density at radius 2 is 1.74 bits per heavy atom. The molecule has 0 bridgehead atoms. The van der Waals surface area contributed by atoms with E-state index in [0.717, 1.165) is 18.4 Å². The summed E-state index contributed by atoms with van der Waals surface area (Å²) in [7, 11) is -2.24. The summed E-state index contributed by atoms with van der Waals surface area (Å²) in [4.78, 5) is 28.3. The normalized spacial score (nSPS) is 13.3. The molecular weight excluding hydrogens is 565 g/mol. The van der Waals surface area contributed by atoms with Gasteiger partial charge in [0.15, 0.2) is 0 Å². The van der Waals surface area contributed by atoms with Crippen LogP contribution in [0.3, 0.4) is 0 Å². The average Bonchev–Trinajstić information content (AvgIpc) is 3.73. The Labute approximate surface area is 242 Å². The van der Waals surface area contributed by atoms with E-state index in [1.54, 1.807) is 30.3 Å². The lowest BCUT2D eigenvalue weighted by Gasteiger charge is -2.10. The van der Waals surface area contributed by atoms with Gasteiger partial charge in [-0.2, -0.15) is 0 Å². The maximum Gasteiger partial charge on any atom is 0.303 e. The predicted molar refractivity (Wildman–Crippen MR) is 153 cm³/mol. The fraction of sp³-hybridized carbons (Fsp3) is 0.300. The van der Waals surface area contributed by atoms with Gasteiger partial charge in [0.2, 0.25) is 15.7 Å². The molecule has 1 aliphatic carbocycles. The lowest BCUT2D eigenvalue weighted by atomic mass is 10.0. The molecule has 0 aliphatic heterocycles. The number of sulfonamides is 1. The first-order valence-corrected chi connectivity index (χ1v) is 15.2. The number of aromatic nitrogens is 1. The number of rotatable bonds is 13. The lowest BCUT2D eigenvalue weighted by molar-refractivity contribution is -0.137. The molecule has 5 rings (SSSR count). The largest absolute Gasteiger partial charge is 0.481 e. The number of pyridine rings is 1. The van der Waals surface area contributed by atoms with Crippen molar-refractivity contribution in [3.8, 4) is 22.8 Å². The molecular formula is C30H30FN3O7S. The highest BCUT2D eigenvalue weighted by Crippen LogP contribution is 2.44. The molecule has 1 saturated carbocycles. The van der Waals surface area contributed by atoms with Crippen LogP contribution in [0, 0.1) is 5.82 Å². The van der Waals surface area contributed by atoms with Crippen molar-refractivity contribution < 1.29 is 36.7 Å². The fourth-order valence-electron chi connectivity index (χ4n) is 4.66. The van der Waals surface area contributed by atoms with E-state index in [0.29, 0.717) is 46.5 Å². The number of nitrogens with one attached hydrogen (secondary N) is 2. The number of carbonyl (C=O) groups is 2. The van der Waals surface area contributed by atoms with Crippen molar-refractivity contribution in [2.75, 3.05) is 13.6 Å². The molecule has 1 fully saturated rings. The van der Waals surface area contributed by atoms with E-state index in [4.69, 9.17) is 14.3 Å². The van der Waals surface area contributed by atoms with Gasteiger partial charge >= 0.3 is 5.97 Å². The Balaban J connectivity index is 1.44. The first-order chi connectivity index (χ1) is 20.1. The minimum atomic E-state index is -3.76. The molecule has 2 aromatic heterocycles. The van der Waals surface area contributed by atoms with E-state index in [2.05, 4.69) is 15.0 Å². The quantitative estimate of drug-likeness (QED) is 0.176. The van der Waals surface area contributed by atoms with Crippen LogP contribution in [0.25, 0.3) is 22.4 Å². The number of furan rings is 1. The summed E-state index contributed by atoms with van der Waals surface area (Å²) in [5.74, 6) is -0.644. The van der Waals surface area contributed by atoms with E-state index in [-0.39, 0.29) is 47.8 Å². The van der Waals surface area contributed by atoms with Crippen molar-refractivity contribution in [1.82, 2.24) is 15.0 Å². The Kier molecular flexibility index (Phi) is 8.55. The van der Waals surface area contributed by atoms with Crippen molar-refractivity contribution in [2.24, 2.45) is 0 Å². The Hall–Kier alpha value is -4.29. The molecule has 42 heavy (non-hydrogen) atoms. The number of carbonyl (C=O) groups excluding carboxylic acids is 1. The molecule has 0 unspecified atom stereocenters. The number of aliphatic carboxylic acids is 1. The number of ether oxygens (including phenoxy) is 1. The van der Waals surface area contributed by atoms with E-state index >= 15 is 0 Å². The van der Waals surface area contributed by atoms with Crippen LogP contribution in [0.1, 0.15) is 59.6 Å². The maximum absolute atomic E-state index is 13.2. The zero-order valence-corrected chi connectivity index (χ0v) is 23.7. The number of amides is 1. The molecule has 12 heteroatoms. The third kappa shape index (κ3) is 6.94. The van der Waals surface area contributed by atoms with Gasteiger partial charge in [-0.3, -0.25) is 9.59 Å². The van der Waals surface area contributed by atoms with E-state index in [9.17, 15) is 22.4 Å². The van der Waals surface area contributed by atoms with Gasteiger partial charge in [-0.05, 0) is 91.8 Å². The predicted octanol–water partition coefficient (Wildman–Crippen LogP) is 5.34. The summed E-state index contributed by atoms with van der Waals surface area (Å²) in [6, 6.07) is 14.3. The number of unbranched alkanes of at least 4 members (excludes halogenated alkanes) is 1. The molecule has 1 amide bonds. The molecule has 0 spiro atoms. The number of halogens is 1. The van der Waals surface area contributed by atoms with Gasteiger partial charge in [0, 0.05) is 25.6 Å². The van der Waals surface area contributed by atoms with Crippen molar-refractivity contribution >= 4 is 33.0 Å². The van der Waals surface area contributed by atoms with E-state index in [1.165, 1.54) is 31.3 Å². The van der Waals surface area contributed by atoms with Gasteiger partial charge in [-0.1, -0.05) is 0 Å². The SMILES string of the molecule is CNC(=O)c1c(-c2ccc(Oc3ccc(F)cc3)cc2)oc2nc(CS(=O)(=O)NCCCCC(=O)O)c(C3CC3)cc12. The second-order valence-electron chi connectivity index (χ2n) is 10.1. The van der Waals surface area contributed by atoms with Crippen molar-refractivity contribution in [1.29, 1.82) is 0 Å². The maximum atomic E-state index is 13.2. The number of carboxylic acid groups (broad SMARTS) is 1. The summed E-state index contributed by atoms with van der Waals surface area (Å²) in [6.07, 6.45) is 2.52. The van der Waals surface area contributed by atoms with Crippen LogP contribution in [0.15, 0.2) is 59.0 Å². The van der Waals surface area contributed by atoms with Crippen LogP contribution >= 0.6 is 0 Å². The molecule has 3 N–H and O–H groups in total. The van der Waals surface area contributed by atoms with Crippen molar-refractivity contribution in [2.45, 2.75) is 43.8 Å². The Morgan fingerprint density at radius 1 is 1.07 bits per heavy atom. The molecule has 2 heterocycles. The molecule has 1 aliphatic rings. The molecule has 0 radical (unpaired) electrons. The first kappa shape index (κ1) is 29.2. The lowest BCUT2D eigenvalue weighted by Crippen LogP contribution is -2.27. The van der Waals surface area contributed by atoms with E-state index < -0.39 is 16.0 Å². The van der Waals surface area contributed by atoms with Crippen molar-refractivity contribution in [3.63, 3.8) is 0 Å². The zero-order chi connectivity index (χ0) is 29.9. The third-order valence-corrected chi connectivity index (χ3v) is 8.20. The van der Waals surface area contributed by atoms with Crippen LogP contribution in [0.2, 0.25) is 0 Å². The second kappa shape index (κ2) is 12.3. The summed E-state index contributed by atoms with van der Waals surface area (Å²) in [6.45, 7) is 0.128. The Bertz CT molecular complexity index is 1710. The number of benzene rings is 2. The Morgan fingerprint density at radius 3 is 2.36 bits per heavy atom. The first-order valence-electron chi connectivity index (χ1n) is 13.5. The molecule has 220 valence electrons. The summed E-state index contributed by atoms with van der Waals surface area (Å²) >= 11 is 0. The molecule has 0 saturated heterocycles. The van der Waals surface area contributed by atoms with E-state index in [1.807, 2.05) is 0 Å². The highest BCUT2D eigenvalue weighted by molar-refractivity contribution is 7.88. The van der Waals surface area contributed by atoms with Gasteiger partial charge in [0.25, 0.3) is 5.91 Å². The summed E-state index contributed by atoms with van der Waals surface area (Å²) in [5.41, 5.74) is 2.14. The average molecular weight is 596 g/mol. The minimum absolute atomic E-state index is 0.0235. The monoisotopic (exact) mass is 595 g/mol. The summed E-state index contributed by atoms with van der Waals surface area (Å²) < 4.78 is 53.3. The van der Waals surface area contributed by atoms with Crippen LogP contribution < -0.4 is 14.8 Å². The number of nitrogens with zero attached hydrogens (tertiary/aromatic N) is 1. The number of hydrogen-bond donors (Lipinski definition) is 3. The highest BCUT2D eigenvalue weighted by atomic mass is 32.2. The van der Waals surface area contributed by atoms with Gasteiger partial charge in [0.1, 0.15) is 28.8 Å². The van der Waals surface area contributed by atoms with Crippen LogP contribution in [0.4, 0.5) is 4.39 Å². The van der Waals surface area contributed by atoms with Crippen molar-refractivity contribution in [3.05, 3.63) is 77.2 Å². The molecule has 4 aromatic rings. The number of carboxylic acids is 1. The summed E-state index contributed by atoms with van der Waals surface area (Å²) in [5, 5.41) is 11.9. The topological polar surface area (TPSA) is 148 Å². The minimum Gasteiger partial charge on any atom is -0.481 e. The van der Waals surface area contributed by atoms with Crippen LogP contribution in [-0.4, -0.2) is 44.0 Å². The fourth-order valence-corrected chi connectivity index (χ4v) is 5.81. The van der Waals surface area contributed by atoms with Crippen LogP contribution in [-0.2, 0) is 20.6 Å². The van der Waals surface area contributed by atoms with Gasteiger partial charge < -0.3 is 19.6 Å². The highest BCUT2D eigenvalue weighted by Gasteiger charge is 2.32. The smallest absolute Gasteiger partial charge is 0.303 e. The third-order valence-electron chi connectivity index (χ3n) is 6.90. The van der Waals surface area contributed by atoms with Crippen LogP contribution in [0.5, 0.6) is 11.5 Å².